The van der Waals surface area contributed by atoms with Crippen LogP contribution in [-0.4, -0.2) is 24.5 Å². The number of hydrogen-bond donors (Lipinski definition) is 1. The summed E-state index contributed by atoms with van der Waals surface area (Å²) in [4.78, 5) is 11.7. The summed E-state index contributed by atoms with van der Waals surface area (Å²) in [7, 11) is 0. The zero-order valence-corrected chi connectivity index (χ0v) is 14.6. The average Bonchev–Trinajstić information content (AvgIpc) is 2.62. The Kier molecular flexibility index (Phi) is 7.90. The van der Waals surface area contributed by atoms with Crippen LogP contribution in [0.4, 0.5) is 0 Å². The number of nitrogens with zero attached hydrogens (tertiary/aromatic N) is 1. The van der Waals surface area contributed by atoms with Crippen molar-refractivity contribution in [2.24, 2.45) is 5.10 Å². The smallest absolute Gasteiger partial charge is 0.250 e. The summed E-state index contributed by atoms with van der Waals surface area (Å²) in [5.41, 5.74) is 4.67. The molecule has 5 heteroatoms. The van der Waals surface area contributed by atoms with E-state index in [1.54, 1.807) is 18.0 Å². The number of hydrazone groups is 1. The monoisotopic (exact) mass is 342 g/mol. The summed E-state index contributed by atoms with van der Waals surface area (Å²) < 4.78 is 5.52. The molecule has 1 N–H and O–H groups in total. The van der Waals surface area contributed by atoms with Gasteiger partial charge >= 0.3 is 0 Å². The number of hydrogen-bond acceptors (Lipinski definition) is 4. The molecule has 0 heterocycles. The number of carbonyl (C=O) groups is 1. The van der Waals surface area contributed by atoms with Gasteiger partial charge in [0, 0.05) is 5.75 Å². The normalized spacial score (nSPS) is 10.7. The summed E-state index contributed by atoms with van der Waals surface area (Å²) >= 11 is 1.57. The maximum atomic E-state index is 11.7. The quantitative estimate of drug-likeness (QED) is 0.556. The molecule has 126 valence electrons. The molecule has 0 radical (unpaired) electrons. The van der Waals surface area contributed by atoms with Crippen LogP contribution in [-0.2, 0) is 10.5 Å². The van der Waals surface area contributed by atoms with Crippen molar-refractivity contribution in [1.29, 1.82) is 0 Å². The fourth-order valence-corrected chi connectivity index (χ4v) is 2.70. The van der Waals surface area contributed by atoms with Crippen LogP contribution in [0.15, 0.2) is 59.7 Å². The molecule has 0 spiro atoms. The predicted octanol–water partition coefficient (Wildman–Crippen LogP) is 3.86. The molecule has 2 aromatic rings. The highest BCUT2D eigenvalue weighted by atomic mass is 32.2. The van der Waals surface area contributed by atoms with Gasteiger partial charge < -0.3 is 4.74 Å². The van der Waals surface area contributed by atoms with E-state index in [1.807, 2.05) is 42.5 Å². The maximum absolute atomic E-state index is 11.7. The van der Waals surface area contributed by atoms with E-state index in [1.165, 1.54) is 5.56 Å². The third-order valence-corrected chi connectivity index (χ3v) is 4.10. The first-order valence-electron chi connectivity index (χ1n) is 7.94. The van der Waals surface area contributed by atoms with Crippen molar-refractivity contribution in [2.75, 3.05) is 12.4 Å². The molecule has 0 aromatic heterocycles. The number of rotatable bonds is 9. The molecule has 2 aromatic carbocycles. The third-order valence-electron chi connectivity index (χ3n) is 3.10. The Morgan fingerprint density at radius 3 is 2.62 bits per heavy atom. The van der Waals surface area contributed by atoms with Gasteiger partial charge in [0.15, 0.2) is 0 Å². The van der Waals surface area contributed by atoms with Crippen LogP contribution in [0.25, 0.3) is 0 Å². The zero-order chi connectivity index (χ0) is 17.0. The first kappa shape index (κ1) is 18.1. The van der Waals surface area contributed by atoms with Crippen LogP contribution < -0.4 is 10.2 Å². The topological polar surface area (TPSA) is 50.7 Å². The van der Waals surface area contributed by atoms with E-state index in [9.17, 15) is 4.79 Å². The first-order chi connectivity index (χ1) is 11.8. The van der Waals surface area contributed by atoms with Gasteiger partial charge in [-0.2, -0.15) is 5.10 Å². The van der Waals surface area contributed by atoms with Crippen molar-refractivity contribution in [3.8, 4) is 5.75 Å². The van der Waals surface area contributed by atoms with Crippen LogP contribution in [0.3, 0.4) is 0 Å². The van der Waals surface area contributed by atoms with Crippen molar-refractivity contribution >= 4 is 23.9 Å². The molecule has 0 atom stereocenters. The van der Waals surface area contributed by atoms with Crippen LogP contribution >= 0.6 is 11.8 Å². The van der Waals surface area contributed by atoms with E-state index < -0.39 is 0 Å². The fraction of sp³-hybridized carbons (Fsp3) is 0.263. The fourth-order valence-electron chi connectivity index (χ4n) is 1.92. The van der Waals surface area contributed by atoms with Gasteiger partial charge in [0.1, 0.15) is 5.75 Å². The van der Waals surface area contributed by atoms with E-state index in [0.29, 0.717) is 12.4 Å². The van der Waals surface area contributed by atoms with Crippen molar-refractivity contribution in [3.63, 3.8) is 0 Å². The molecule has 0 bridgehead atoms. The SMILES string of the molecule is CCCOc1ccc(/C=N\NC(=O)CSCc2ccccc2)cc1. The number of thioether (sulfide) groups is 1. The van der Waals surface area contributed by atoms with Gasteiger partial charge in [-0.05, 0) is 41.8 Å². The minimum Gasteiger partial charge on any atom is -0.494 e. The molecule has 1 amide bonds. The van der Waals surface area contributed by atoms with Gasteiger partial charge in [-0.15, -0.1) is 11.8 Å². The third kappa shape index (κ3) is 6.87. The van der Waals surface area contributed by atoms with E-state index in [4.69, 9.17) is 4.74 Å². The Balaban J connectivity index is 1.68. The van der Waals surface area contributed by atoms with Gasteiger partial charge in [-0.3, -0.25) is 4.79 Å². The van der Waals surface area contributed by atoms with Crippen LogP contribution in [0.5, 0.6) is 5.75 Å². The number of carbonyl (C=O) groups excluding carboxylic acids is 1. The molecule has 0 saturated carbocycles. The summed E-state index contributed by atoms with van der Waals surface area (Å²) in [6, 6.07) is 17.7. The number of benzene rings is 2. The van der Waals surface area contributed by atoms with E-state index in [2.05, 4.69) is 29.6 Å². The van der Waals surface area contributed by atoms with Gasteiger partial charge in [0.25, 0.3) is 0 Å². The van der Waals surface area contributed by atoms with E-state index >= 15 is 0 Å². The molecule has 0 aliphatic carbocycles. The average molecular weight is 342 g/mol. The lowest BCUT2D eigenvalue weighted by Gasteiger charge is -2.04. The molecule has 0 unspecified atom stereocenters. The number of ether oxygens (including phenoxy) is 1. The minimum absolute atomic E-state index is 0.102. The summed E-state index contributed by atoms with van der Waals surface area (Å²) in [5.74, 6) is 1.94. The lowest BCUT2D eigenvalue weighted by molar-refractivity contribution is -0.118. The first-order valence-corrected chi connectivity index (χ1v) is 9.10. The van der Waals surface area contributed by atoms with Crippen molar-refractivity contribution in [1.82, 2.24) is 5.43 Å². The van der Waals surface area contributed by atoms with E-state index in [0.717, 1.165) is 23.5 Å². The van der Waals surface area contributed by atoms with Crippen LogP contribution in [0, 0.1) is 0 Å². The van der Waals surface area contributed by atoms with Gasteiger partial charge in [-0.25, -0.2) is 5.43 Å². The Morgan fingerprint density at radius 1 is 1.17 bits per heavy atom. The summed E-state index contributed by atoms with van der Waals surface area (Å²) in [5, 5.41) is 3.98. The molecule has 0 fully saturated rings. The van der Waals surface area contributed by atoms with Crippen LogP contribution in [0.2, 0.25) is 0 Å². The van der Waals surface area contributed by atoms with Gasteiger partial charge in [0.2, 0.25) is 5.91 Å². The largest absolute Gasteiger partial charge is 0.494 e. The maximum Gasteiger partial charge on any atom is 0.250 e. The Morgan fingerprint density at radius 2 is 1.92 bits per heavy atom. The number of nitrogens with one attached hydrogen (secondary N) is 1. The van der Waals surface area contributed by atoms with E-state index in [-0.39, 0.29) is 5.91 Å². The van der Waals surface area contributed by atoms with Gasteiger partial charge in [-0.1, -0.05) is 37.3 Å². The second kappa shape index (κ2) is 10.5. The van der Waals surface area contributed by atoms with Crippen molar-refractivity contribution < 1.29 is 9.53 Å². The lowest BCUT2D eigenvalue weighted by atomic mass is 10.2. The Hall–Kier alpha value is -2.27. The highest BCUT2D eigenvalue weighted by molar-refractivity contribution is 7.99. The zero-order valence-electron chi connectivity index (χ0n) is 13.8. The molecule has 0 saturated heterocycles. The summed E-state index contributed by atoms with van der Waals surface area (Å²) in [6.45, 7) is 2.78. The van der Waals surface area contributed by atoms with Gasteiger partial charge in [0.05, 0.1) is 18.6 Å². The molecule has 0 aliphatic heterocycles. The van der Waals surface area contributed by atoms with Crippen LogP contribution in [0.1, 0.15) is 24.5 Å². The second-order valence-electron chi connectivity index (χ2n) is 5.19. The second-order valence-corrected chi connectivity index (χ2v) is 6.17. The summed E-state index contributed by atoms with van der Waals surface area (Å²) in [6.07, 6.45) is 2.61. The Bertz CT molecular complexity index is 642. The lowest BCUT2D eigenvalue weighted by Crippen LogP contribution is -2.19. The molecule has 24 heavy (non-hydrogen) atoms. The molecular weight excluding hydrogens is 320 g/mol. The standard InChI is InChI=1S/C19H22N2O2S/c1-2-12-23-18-10-8-16(9-11-18)13-20-21-19(22)15-24-14-17-6-4-3-5-7-17/h3-11,13H,2,12,14-15H2,1H3,(H,21,22)/b20-13-. The highest BCUT2D eigenvalue weighted by Crippen LogP contribution is 2.12. The molecule has 2 rings (SSSR count). The number of amides is 1. The van der Waals surface area contributed by atoms with Crippen molar-refractivity contribution in [2.45, 2.75) is 19.1 Å². The predicted molar refractivity (Wildman–Crippen MR) is 101 cm³/mol. The van der Waals surface area contributed by atoms with Crippen molar-refractivity contribution in [3.05, 3.63) is 65.7 Å². The molecular formula is C19H22N2O2S. The minimum atomic E-state index is -0.102. The molecule has 4 nitrogen and oxygen atoms in total. The Labute approximate surface area is 147 Å². The highest BCUT2D eigenvalue weighted by Gasteiger charge is 2.00. The molecule has 0 aliphatic rings.